The summed E-state index contributed by atoms with van der Waals surface area (Å²) < 4.78 is 38.1. The Kier molecular flexibility index (Phi) is 2.67. The average molecular weight is 245 g/mol. The Balaban J connectivity index is 2.55. The minimum absolute atomic E-state index is 0.0187. The van der Waals surface area contributed by atoms with Gasteiger partial charge in [-0.25, -0.2) is 0 Å². The second-order valence-corrected chi connectivity index (χ2v) is 4.18. The minimum Gasteiger partial charge on any atom is -0.166 e. The molecule has 1 heterocycles. The lowest BCUT2D eigenvalue weighted by molar-refractivity contribution is -0.136. The van der Waals surface area contributed by atoms with Gasteiger partial charge in [0.2, 0.25) is 0 Å². The zero-order valence-electron chi connectivity index (χ0n) is 7.91. The highest BCUT2D eigenvalue weighted by Gasteiger charge is 2.33. The maximum absolute atomic E-state index is 12.5. The van der Waals surface area contributed by atoms with Crippen LogP contribution in [0.25, 0.3) is 10.1 Å². The van der Waals surface area contributed by atoms with Crippen molar-refractivity contribution in [1.29, 1.82) is 0 Å². The summed E-state index contributed by atoms with van der Waals surface area (Å²) in [6.07, 6.45) is -4.33. The molecule has 2 rings (SSSR count). The van der Waals surface area contributed by atoms with Crippen LogP contribution in [0.2, 0.25) is 0 Å². The second kappa shape index (κ2) is 3.86. The summed E-state index contributed by atoms with van der Waals surface area (Å²) in [5, 5.41) is 3.96. The summed E-state index contributed by atoms with van der Waals surface area (Å²) >= 11 is 1.02. The molecule has 2 aromatic rings. The van der Waals surface area contributed by atoms with E-state index in [-0.39, 0.29) is 11.9 Å². The molecule has 0 saturated heterocycles. The first-order chi connectivity index (χ1) is 7.52. The summed E-state index contributed by atoms with van der Waals surface area (Å²) in [6, 6.07) is 4.44. The average Bonchev–Trinajstić information content (AvgIpc) is 2.60. The standard InChI is InChI=1S/C10H6F3NOS/c11-10(12,13)8-5-16-9-3-6(4-14-15)1-2-7(8)9/h1-3,5H,4H2. The minimum atomic E-state index is -4.33. The molecule has 0 aliphatic heterocycles. The van der Waals surface area contributed by atoms with Gasteiger partial charge < -0.3 is 0 Å². The largest absolute Gasteiger partial charge is 0.417 e. The van der Waals surface area contributed by atoms with Crippen molar-refractivity contribution in [2.75, 3.05) is 0 Å². The van der Waals surface area contributed by atoms with Crippen molar-refractivity contribution < 1.29 is 13.2 Å². The monoisotopic (exact) mass is 245 g/mol. The molecule has 0 fully saturated rings. The normalized spacial score (nSPS) is 11.9. The SMILES string of the molecule is O=NCc1ccc2c(C(F)(F)F)csc2c1. The van der Waals surface area contributed by atoms with Crippen molar-refractivity contribution in [1.82, 2.24) is 0 Å². The molecule has 0 aliphatic rings. The number of nitroso groups, excluding NO2 is 1. The molecule has 6 heteroatoms. The lowest BCUT2D eigenvalue weighted by atomic mass is 10.1. The van der Waals surface area contributed by atoms with Crippen LogP contribution in [-0.4, -0.2) is 0 Å². The van der Waals surface area contributed by atoms with Crippen LogP contribution in [0.15, 0.2) is 28.8 Å². The number of hydrogen-bond donors (Lipinski definition) is 0. The van der Waals surface area contributed by atoms with Gasteiger partial charge in [-0.3, -0.25) is 0 Å². The summed E-state index contributed by atoms with van der Waals surface area (Å²) in [5.74, 6) is 0. The number of fused-ring (bicyclic) bond motifs is 1. The molecule has 0 unspecified atom stereocenters. The second-order valence-electron chi connectivity index (χ2n) is 3.26. The van der Waals surface area contributed by atoms with Gasteiger partial charge in [0.15, 0.2) is 0 Å². The topological polar surface area (TPSA) is 29.4 Å². The van der Waals surface area contributed by atoms with Crippen LogP contribution in [0.3, 0.4) is 0 Å². The van der Waals surface area contributed by atoms with Crippen LogP contribution in [0.4, 0.5) is 13.2 Å². The van der Waals surface area contributed by atoms with E-state index in [4.69, 9.17) is 0 Å². The Morgan fingerprint density at radius 1 is 1.31 bits per heavy atom. The number of hydrogen-bond acceptors (Lipinski definition) is 3. The summed E-state index contributed by atoms with van der Waals surface area (Å²) in [5.41, 5.74) is -0.00353. The number of nitrogens with zero attached hydrogens (tertiary/aromatic N) is 1. The third-order valence-corrected chi connectivity index (χ3v) is 3.14. The number of halogens is 3. The van der Waals surface area contributed by atoms with Crippen LogP contribution >= 0.6 is 11.3 Å². The van der Waals surface area contributed by atoms with E-state index in [9.17, 15) is 18.1 Å². The predicted molar refractivity (Wildman–Crippen MR) is 56.3 cm³/mol. The number of alkyl halides is 3. The van der Waals surface area contributed by atoms with Crippen LogP contribution in [0, 0.1) is 4.91 Å². The molecule has 0 N–H and O–H groups in total. The smallest absolute Gasteiger partial charge is 0.166 e. The molecule has 0 amide bonds. The van der Waals surface area contributed by atoms with Crippen LogP contribution < -0.4 is 0 Å². The van der Waals surface area contributed by atoms with Crippen LogP contribution in [-0.2, 0) is 12.7 Å². The zero-order valence-corrected chi connectivity index (χ0v) is 8.73. The lowest BCUT2D eigenvalue weighted by Gasteiger charge is -2.04. The number of rotatable bonds is 2. The molecule has 0 aliphatic carbocycles. The summed E-state index contributed by atoms with van der Waals surface area (Å²) in [4.78, 5) is 10.0. The van der Waals surface area contributed by atoms with E-state index < -0.39 is 11.7 Å². The quantitative estimate of drug-likeness (QED) is 0.729. The highest BCUT2D eigenvalue weighted by molar-refractivity contribution is 7.17. The van der Waals surface area contributed by atoms with Gasteiger partial charge in [-0.1, -0.05) is 17.3 Å². The Morgan fingerprint density at radius 3 is 2.69 bits per heavy atom. The van der Waals surface area contributed by atoms with Crippen LogP contribution in [0.5, 0.6) is 0 Å². The molecule has 16 heavy (non-hydrogen) atoms. The van der Waals surface area contributed by atoms with Crippen molar-refractivity contribution in [3.8, 4) is 0 Å². The van der Waals surface area contributed by atoms with Gasteiger partial charge in [0.1, 0.15) is 6.54 Å². The summed E-state index contributed by atoms with van der Waals surface area (Å²) in [6.45, 7) is -0.0187. The van der Waals surface area contributed by atoms with Crippen molar-refractivity contribution in [2.45, 2.75) is 12.7 Å². The molecule has 0 spiro atoms. The maximum atomic E-state index is 12.5. The number of thiophene rings is 1. The molecular formula is C10H6F3NOS. The van der Waals surface area contributed by atoms with Crippen molar-refractivity contribution >= 4 is 21.4 Å². The van der Waals surface area contributed by atoms with E-state index in [0.717, 1.165) is 16.7 Å². The van der Waals surface area contributed by atoms with E-state index in [1.54, 1.807) is 6.07 Å². The highest BCUT2D eigenvalue weighted by atomic mass is 32.1. The molecule has 2 nitrogen and oxygen atoms in total. The van der Waals surface area contributed by atoms with E-state index in [1.807, 2.05) is 0 Å². The van der Waals surface area contributed by atoms with Crippen molar-refractivity contribution in [3.63, 3.8) is 0 Å². The molecule has 0 saturated carbocycles. The maximum Gasteiger partial charge on any atom is 0.417 e. The first kappa shape index (κ1) is 11.1. The molecular weight excluding hydrogens is 239 g/mol. The Bertz CT molecular complexity index is 532. The molecule has 0 bridgehead atoms. The fourth-order valence-electron chi connectivity index (χ4n) is 1.47. The number of benzene rings is 1. The molecule has 84 valence electrons. The van der Waals surface area contributed by atoms with Gasteiger partial charge in [-0.2, -0.15) is 18.1 Å². The van der Waals surface area contributed by atoms with E-state index in [1.165, 1.54) is 12.1 Å². The van der Waals surface area contributed by atoms with Gasteiger partial charge in [-0.15, -0.1) is 11.3 Å². The third-order valence-electron chi connectivity index (χ3n) is 2.19. The summed E-state index contributed by atoms with van der Waals surface area (Å²) in [7, 11) is 0. The first-order valence-electron chi connectivity index (χ1n) is 4.39. The molecule has 1 aromatic carbocycles. The van der Waals surface area contributed by atoms with E-state index >= 15 is 0 Å². The Hall–Kier alpha value is -1.43. The molecule has 1 aromatic heterocycles. The molecule has 0 radical (unpaired) electrons. The fraction of sp³-hybridized carbons (Fsp3) is 0.200. The van der Waals surface area contributed by atoms with Gasteiger partial charge in [0.25, 0.3) is 0 Å². The van der Waals surface area contributed by atoms with E-state index in [2.05, 4.69) is 5.18 Å². The van der Waals surface area contributed by atoms with E-state index in [0.29, 0.717) is 10.3 Å². The van der Waals surface area contributed by atoms with Gasteiger partial charge in [0.05, 0.1) is 5.56 Å². The Morgan fingerprint density at radius 2 is 2.06 bits per heavy atom. The predicted octanol–water partition coefficient (Wildman–Crippen LogP) is 4.19. The van der Waals surface area contributed by atoms with Gasteiger partial charge >= 0.3 is 6.18 Å². The zero-order chi connectivity index (χ0) is 11.8. The van der Waals surface area contributed by atoms with Crippen LogP contribution in [0.1, 0.15) is 11.1 Å². The van der Waals surface area contributed by atoms with Gasteiger partial charge in [0, 0.05) is 15.5 Å². The van der Waals surface area contributed by atoms with Crippen molar-refractivity contribution in [2.24, 2.45) is 5.18 Å². The molecule has 0 atom stereocenters. The van der Waals surface area contributed by atoms with Gasteiger partial charge in [-0.05, 0) is 11.6 Å². The third kappa shape index (κ3) is 1.92. The fourth-order valence-corrected chi connectivity index (χ4v) is 2.49. The lowest BCUT2D eigenvalue weighted by Crippen LogP contribution is -2.03. The van der Waals surface area contributed by atoms with Crippen molar-refractivity contribution in [3.05, 3.63) is 39.6 Å². The Labute approximate surface area is 92.7 Å². The first-order valence-corrected chi connectivity index (χ1v) is 5.27. The highest BCUT2D eigenvalue weighted by Crippen LogP contribution is 2.38.